The van der Waals surface area contributed by atoms with Crippen molar-refractivity contribution in [3.8, 4) is 0 Å². The van der Waals surface area contributed by atoms with Crippen molar-refractivity contribution in [2.45, 2.75) is 109 Å². The second kappa shape index (κ2) is 16.7. The quantitative estimate of drug-likeness (QED) is 0.126. The highest BCUT2D eigenvalue weighted by molar-refractivity contribution is 6.03. The number of hydrogen-bond acceptors (Lipinski definition) is 10. The van der Waals surface area contributed by atoms with Gasteiger partial charge in [-0.2, -0.15) is 10.2 Å². The van der Waals surface area contributed by atoms with E-state index in [0.717, 1.165) is 101 Å². The number of hydrogen-bond donors (Lipinski definition) is 1. The van der Waals surface area contributed by atoms with Crippen LogP contribution in [0.5, 0.6) is 0 Å². The number of nitrogens with zero attached hydrogens (tertiary/aromatic N) is 10. The lowest BCUT2D eigenvalue weighted by Gasteiger charge is -2.40. The van der Waals surface area contributed by atoms with E-state index in [0.29, 0.717) is 35.1 Å². The van der Waals surface area contributed by atoms with Crippen molar-refractivity contribution in [3.05, 3.63) is 70.2 Å². The topological polar surface area (TPSA) is 148 Å². The number of halogens is 2. The van der Waals surface area contributed by atoms with Gasteiger partial charge in [-0.05, 0) is 94.4 Å². The monoisotopic (exact) mass is 853 g/mol. The Hall–Kier alpha value is -5.45. The van der Waals surface area contributed by atoms with Gasteiger partial charge in [0.25, 0.3) is 6.43 Å². The van der Waals surface area contributed by atoms with Gasteiger partial charge >= 0.3 is 5.69 Å². The number of imide groups is 1. The maximum atomic E-state index is 14.4. The molecule has 15 nitrogen and oxygen atoms in total. The highest BCUT2D eigenvalue weighted by atomic mass is 19.3. The Morgan fingerprint density at radius 3 is 2.42 bits per heavy atom. The molecule has 0 radical (unpaired) electrons. The number of alkyl halides is 2. The first-order chi connectivity index (χ1) is 29.7. The number of aryl methyl sites for hydroxylation is 1. The van der Waals surface area contributed by atoms with Crippen LogP contribution < -0.4 is 20.8 Å². The van der Waals surface area contributed by atoms with Gasteiger partial charge < -0.3 is 14.7 Å². The molecule has 1 aliphatic carbocycles. The third-order valence-corrected chi connectivity index (χ3v) is 14.3. The maximum absolute atomic E-state index is 14.4. The van der Waals surface area contributed by atoms with Crippen molar-refractivity contribution in [1.82, 2.24) is 43.7 Å². The number of amides is 2. The lowest BCUT2D eigenvalue weighted by Crippen LogP contribution is -2.45. The van der Waals surface area contributed by atoms with E-state index in [2.05, 4.69) is 51.1 Å². The van der Waals surface area contributed by atoms with Gasteiger partial charge in [0.05, 0.1) is 34.5 Å². The lowest BCUT2D eigenvalue weighted by molar-refractivity contribution is -0.135. The SMILES string of the molecule is CN(C[C@H]1CC[C@H](n2cc(CC(=O)c3cnn4ccc(N5CCC(C)(C)CC5)nc34)c(C(F)F)n2)CC1)C1CCN(c2cccc3c2n(C)c(=O)n3C2CCC(=O)NC2=O)CC1. The number of benzene rings is 1. The molecule has 5 aromatic rings. The Kier molecular flexibility index (Phi) is 11.3. The highest BCUT2D eigenvalue weighted by Crippen LogP contribution is 2.37. The summed E-state index contributed by atoms with van der Waals surface area (Å²) in [6, 6.07) is 7.40. The summed E-state index contributed by atoms with van der Waals surface area (Å²) < 4.78 is 35.2. The van der Waals surface area contributed by atoms with Crippen LogP contribution in [0.15, 0.2) is 47.7 Å². The lowest BCUT2D eigenvalue weighted by atomic mass is 9.83. The second-order valence-electron chi connectivity index (χ2n) is 18.8. The molecule has 4 aromatic heterocycles. The first-order valence-electron chi connectivity index (χ1n) is 22.2. The Labute approximate surface area is 359 Å². The van der Waals surface area contributed by atoms with E-state index < -0.39 is 18.4 Å². The number of rotatable bonds is 11. The molecule has 0 bridgehead atoms. The summed E-state index contributed by atoms with van der Waals surface area (Å²) in [7, 11) is 3.93. The van der Waals surface area contributed by atoms with Crippen molar-refractivity contribution in [3.63, 3.8) is 0 Å². The van der Waals surface area contributed by atoms with Crippen LogP contribution in [0.3, 0.4) is 0 Å². The Morgan fingerprint density at radius 1 is 0.968 bits per heavy atom. The number of anilines is 2. The number of ketones is 1. The van der Waals surface area contributed by atoms with Gasteiger partial charge in [-0.15, -0.1) is 0 Å². The van der Waals surface area contributed by atoms with Crippen LogP contribution in [0.1, 0.15) is 118 Å². The number of fused-ring (bicyclic) bond motifs is 2. The molecule has 1 unspecified atom stereocenters. The molecule has 62 heavy (non-hydrogen) atoms. The summed E-state index contributed by atoms with van der Waals surface area (Å²) in [5.41, 5.74) is 3.12. The number of Topliss-reactive ketones (excluding diaryl/α,β-unsaturated/α-hetero) is 1. The Bertz CT molecular complexity index is 2550. The maximum Gasteiger partial charge on any atom is 0.329 e. The summed E-state index contributed by atoms with van der Waals surface area (Å²) in [5, 5.41) is 11.1. The molecule has 17 heteroatoms. The molecule has 7 heterocycles. The summed E-state index contributed by atoms with van der Waals surface area (Å²) >= 11 is 0. The van der Waals surface area contributed by atoms with Gasteiger partial charge in [-0.3, -0.25) is 33.5 Å². The van der Waals surface area contributed by atoms with Crippen LogP contribution in [0, 0.1) is 11.3 Å². The van der Waals surface area contributed by atoms with Crippen LogP contribution in [0.4, 0.5) is 20.3 Å². The molecule has 0 spiro atoms. The molecule has 4 aliphatic rings. The fourth-order valence-corrected chi connectivity index (χ4v) is 10.4. The van der Waals surface area contributed by atoms with E-state index in [1.807, 2.05) is 24.3 Å². The van der Waals surface area contributed by atoms with Gasteiger partial charge in [0, 0.05) is 76.6 Å². The average Bonchev–Trinajstić information content (AvgIpc) is 3.95. The van der Waals surface area contributed by atoms with E-state index in [-0.39, 0.29) is 52.9 Å². The number of piperidine rings is 3. The second-order valence-corrected chi connectivity index (χ2v) is 18.8. The van der Waals surface area contributed by atoms with Crippen molar-refractivity contribution < 1.29 is 23.2 Å². The first-order valence-corrected chi connectivity index (χ1v) is 22.2. The third kappa shape index (κ3) is 8.03. The minimum atomic E-state index is -2.80. The first kappa shape index (κ1) is 41.9. The molecule has 1 aromatic carbocycles. The zero-order valence-electron chi connectivity index (χ0n) is 36.1. The van der Waals surface area contributed by atoms with E-state index >= 15 is 0 Å². The zero-order valence-corrected chi connectivity index (χ0v) is 36.1. The molecule has 9 rings (SSSR count). The molecule has 4 fully saturated rings. The number of para-hydroxylation sites is 1. The molecule has 1 atom stereocenters. The smallest absolute Gasteiger partial charge is 0.329 e. The van der Waals surface area contributed by atoms with Crippen LogP contribution in [-0.4, -0.2) is 102 Å². The minimum Gasteiger partial charge on any atom is -0.370 e. The van der Waals surface area contributed by atoms with Crippen molar-refractivity contribution in [2.75, 3.05) is 49.6 Å². The van der Waals surface area contributed by atoms with Gasteiger partial charge in [0.1, 0.15) is 17.6 Å². The molecule has 1 N–H and O–H groups in total. The molecule has 330 valence electrons. The number of carbonyl (C=O) groups excluding carboxylic acids is 3. The predicted octanol–water partition coefficient (Wildman–Crippen LogP) is 5.88. The van der Waals surface area contributed by atoms with Crippen molar-refractivity contribution >= 4 is 45.8 Å². The summed E-state index contributed by atoms with van der Waals surface area (Å²) in [6.07, 6.45) is 10.00. The molecule has 1 saturated carbocycles. The van der Waals surface area contributed by atoms with Gasteiger partial charge in [0.2, 0.25) is 11.8 Å². The van der Waals surface area contributed by atoms with Gasteiger partial charge in [-0.25, -0.2) is 23.1 Å². The Morgan fingerprint density at radius 2 is 1.71 bits per heavy atom. The van der Waals surface area contributed by atoms with Gasteiger partial charge in [-0.1, -0.05) is 19.9 Å². The zero-order chi connectivity index (χ0) is 43.4. The van der Waals surface area contributed by atoms with Crippen LogP contribution in [-0.2, 0) is 23.1 Å². The Balaban J connectivity index is 0.798. The summed E-state index contributed by atoms with van der Waals surface area (Å²) in [5.74, 6) is 0.196. The number of nitrogens with one attached hydrogen (secondary N) is 1. The molecule has 2 amide bonds. The van der Waals surface area contributed by atoms with E-state index in [9.17, 15) is 28.0 Å². The minimum absolute atomic E-state index is 0.0135. The van der Waals surface area contributed by atoms with E-state index in [1.54, 1.807) is 33.2 Å². The van der Waals surface area contributed by atoms with Crippen LogP contribution in [0.2, 0.25) is 0 Å². The normalized spacial score (nSPS) is 22.7. The van der Waals surface area contributed by atoms with Gasteiger partial charge in [0.15, 0.2) is 11.4 Å². The van der Waals surface area contributed by atoms with E-state index in [1.165, 1.54) is 10.8 Å². The van der Waals surface area contributed by atoms with E-state index in [4.69, 9.17) is 4.98 Å². The standard InChI is InChI=1S/C45H57F2N11O4/c1-45(2)17-22-55(23-18-45)37-16-21-56-42(49-37)32(25-48-56)36(59)24-29-27-57(51-39(29)41(46)47)31-10-8-28(9-11-31)26-52(3)30-14-19-54(20-15-30)33-6-5-7-34-40(33)53(4)44(62)58(34)35-12-13-38(60)50-43(35)61/h5-7,16,21,25,27-28,30-31,35,41H,8-15,17-20,22-24,26H2,1-4H3,(H,50,60,61)/t28-,31-,35?. The summed E-state index contributed by atoms with van der Waals surface area (Å²) in [4.78, 5) is 63.6. The number of imidazole rings is 1. The number of carbonyl (C=O) groups is 3. The molecular formula is C45H57F2N11O4. The molecular weight excluding hydrogens is 797 g/mol. The van der Waals surface area contributed by atoms with Crippen molar-refractivity contribution in [2.24, 2.45) is 18.4 Å². The fourth-order valence-electron chi connectivity index (χ4n) is 10.4. The van der Waals surface area contributed by atoms with Crippen LogP contribution >= 0.6 is 0 Å². The summed E-state index contributed by atoms with van der Waals surface area (Å²) in [6.45, 7) is 8.89. The predicted molar refractivity (Wildman–Crippen MR) is 231 cm³/mol. The number of aromatic nitrogens is 7. The molecule has 3 aliphatic heterocycles. The largest absolute Gasteiger partial charge is 0.370 e. The highest BCUT2D eigenvalue weighted by Gasteiger charge is 2.34. The van der Waals surface area contributed by atoms with Crippen molar-refractivity contribution in [1.29, 1.82) is 0 Å². The molecule has 3 saturated heterocycles. The fraction of sp³-hybridized carbons (Fsp3) is 0.578. The van der Waals surface area contributed by atoms with Crippen LogP contribution in [0.25, 0.3) is 16.7 Å². The third-order valence-electron chi connectivity index (χ3n) is 14.3. The average molecular weight is 854 g/mol.